The summed E-state index contributed by atoms with van der Waals surface area (Å²) in [5.41, 5.74) is 3.40. The van der Waals surface area contributed by atoms with Crippen LogP contribution in [0.15, 0.2) is 42.5 Å². The fourth-order valence-corrected chi connectivity index (χ4v) is 6.29. The van der Waals surface area contributed by atoms with Crippen LogP contribution in [0.25, 0.3) is 10.9 Å². The molecule has 1 spiro atoms. The highest BCUT2D eigenvalue weighted by Gasteiger charge is 2.48. The summed E-state index contributed by atoms with van der Waals surface area (Å²) < 4.78 is 19.8. The Balaban J connectivity index is 1.37. The van der Waals surface area contributed by atoms with Gasteiger partial charge in [0.15, 0.2) is 0 Å². The molecule has 1 aromatic heterocycles. The molecule has 0 radical (unpaired) electrons. The number of aromatic amines is 1. The molecule has 2 aromatic carbocycles. The van der Waals surface area contributed by atoms with E-state index < -0.39 is 5.82 Å². The molecule has 0 bridgehead atoms. The fourth-order valence-electron chi connectivity index (χ4n) is 6.29. The number of piperidine rings is 1. The van der Waals surface area contributed by atoms with Crippen molar-refractivity contribution in [2.75, 3.05) is 39.9 Å². The van der Waals surface area contributed by atoms with Gasteiger partial charge in [0.2, 0.25) is 0 Å². The maximum absolute atomic E-state index is 14.3. The predicted molar refractivity (Wildman–Crippen MR) is 132 cm³/mol. The summed E-state index contributed by atoms with van der Waals surface area (Å²) in [6.07, 6.45) is 4.11. The lowest BCUT2D eigenvalue weighted by molar-refractivity contribution is 0.0400. The number of methoxy groups -OCH3 is 1. The normalized spacial score (nSPS) is 21.9. The fraction of sp³-hybridized carbons (Fsp3) is 0.464. The number of likely N-dealkylation sites (tertiary alicyclic amines) is 1. The maximum Gasteiger partial charge on any atom is 0.256 e. The Morgan fingerprint density at radius 1 is 1.20 bits per heavy atom. The smallest absolute Gasteiger partial charge is 0.256 e. The van der Waals surface area contributed by atoms with Gasteiger partial charge in [0.05, 0.1) is 25.3 Å². The number of hydrogen-bond acceptors (Lipinski definition) is 4. The molecule has 1 amide bonds. The number of carbonyl (C=O) groups excluding carboxylic acids is 1. The van der Waals surface area contributed by atoms with Gasteiger partial charge < -0.3 is 19.7 Å². The number of H-pyrrole nitrogens is 1. The van der Waals surface area contributed by atoms with E-state index in [1.807, 2.05) is 12.1 Å². The number of rotatable bonds is 5. The first-order valence-corrected chi connectivity index (χ1v) is 12.6. The molecular weight excluding hydrogens is 445 g/mol. The Morgan fingerprint density at radius 2 is 1.97 bits per heavy atom. The first-order valence-electron chi connectivity index (χ1n) is 12.6. The van der Waals surface area contributed by atoms with Crippen molar-refractivity contribution in [3.8, 4) is 5.75 Å². The van der Waals surface area contributed by atoms with Gasteiger partial charge in [-0.2, -0.15) is 0 Å². The van der Waals surface area contributed by atoms with Crippen molar-refractivity contribution in [2.45, 2.75) is 37.1 Å². The Hall–Kier alpha value is -2.90. The zero-order chi connectivity index (χ0) is 24.2. The largest absolute Gasteiger partial charge is 0.497 e. The monoisotopic (exact) mass is 477 g/mol. The summed E-state index contributed by atoms with van der Waals surface area (Å²) in [4.78, 5) is 21.0. The molecule has 6 nitrogen and oxygen atoms in total. The Kier molecular flexibility index (Phi) is 5.57. The number of aliphatic hydroxyl groups excluding tert-OH is 1. The molecule has 1 saturated carbocycles. The zero-order valence-electron chi connectivity index (χ0n) is 20.1. The van der Waals surface area contributed by atoms with E-state index in [0.29, 0.717) is 19.0 Å². The van der Waals surface area contributed by atoms with Crippen LogP contribution >= 0.6 is 0 Å². The summed E-state index contributed by atoms with van der Waals surface area (Å²) in [7, 11) is 1.67. The van der Waals surface area contributed by atoms with Crippen molar-refractivity contribution >= 4 is 16.8 Å². The second-order valence-corrected chi connectivity index (χ2v) is 10.4. The summed E-state index contributed by atoms with van der Waals surface area (Å²) in [5, 5.41) is 11.6. The molecule has 2 N–H and O–H groups in total. The number of fused-ring (bicyclic) bond motifs is 4. The number of hydrogen-bond donors (Lipinski definition) is 2. The Bertz CT molecular complexity index is 1260. The van der Waals surface area contributed by atoms with Crippen molar-refractivity contribution < 1.29 is 19.0 Å². The minimum Gasteiger partial charge on any atom is -0.497 e. The molecule has 184 valence electrons. The lowest BCUT2D eigenvalue weighted by Crippen LogP contribution is -2.55. The molecule has 7 heteroatoms. The number of aromatic nitrogens is 1. The van der Waals surface area contributed by atoms with Gasteiger partial charge in [-0.1, -0.05) is 12.1 Å². The van der Waals surface area contributed by atoms with Gasteiger partial charge in [0, 0.05) is 54.3 Å². The Morgan fingerprint density at radius 3 is 2.66 bits per heavy atom. The summed E-state index contributed by atoms with van der Waals surface area (Å²) >= 11 is 0. The van der Waals surface area contributed by atoms with E-state index in [0.717, 1.165) is 42.9 Å². The minimum absolute atomic E-state index is 0.0623. The van der Waals surface area contributed by atoms with Gasteiger partial charge in [-0.3, -0.25) is 9.69 Å². The molecule has 6 rings (SSSR count). The summed E-state index contributed by atoms with van der Waals surface area (Å²) in [6, 6.07) is 12.3. The first kappa shape index (κ1) is 22.6. The molecule has 3 aliphatic rings. The van der Waals surface area contributed by atoms with Crippen LogP contribution in [0.2, 0.25) is 0 Å². The second kappa shape index (κ2) is 8.64. The molecule has 1 saturated heterocycles. The number of nitrogens with zero attached hydrogens (tertiary/aromatic N) is 2. The number of amides is 1. The van der Waals surface area contributed by atoms with E-state index in [9.17, 15) is 14.3 Å². The molecule has 35 heavy (non-hydrogen) atoms. The lowest BCUT2D eigenvalue weighted by atomic mass is 9.68. The molecule has 3 aromatic rings. The van der Waals surface area contributed by atoms with E-state index >= 15 is 0 Å². The average Bonchev–Trinajstić information content (AvgIpc) is 3.61. The van der Waals surface area contributed by atoms with Gasteiger partial charge in [-0.05, 0) is 61.4 Å². The van der Waals surface area contributed by atoms with E-state index in [1.165, 1.54) is 29.9 Å². The topological polar surface area (TPSA) is 68.8 Å². The number of nitrogens with one attached hydrogen (secondary N) is 1. The molecule has 0 unspecified atom stereocenters. The zero-order valence-corrected chi connectivity index (χ0v) is 20.1. The third-order valence-electron chi connectivity index (χ3n) is 8.32. The number of halogens is 1. The Labute approximate surface area is 204 Å². The SMILES string of the molecule is COc1ccc2c3c([nH]c2c1)[C@@H](CO)N(CC1CC1)CC31CCN(C(=O)c2ccccc2F)CC1. The molecule has 2 fully saturated rings. The van der Waals surface area contributed by atoms with E-state index in [4.69, 9.17) is 4.74 Å². The highest BCUT2D eigenvalue weighted by atomic mass is 19.1. The van der Waals surface area contributed by atoms with E-state index in [-0.39, 0.29) is 29.5 Å². The van der Waals surface area contributed by atoms with Crippen LogP contribution in [0.4, 0.5) is 4.39 Å². The maximum atomic E-state index is 14.3. The molecular formula is C28H32FN3O3. The van der Waals surface area contributed by atoms with Crippen LogP contribution < -0.4 is 4.74 Å². The van der Waals surface area contributed by atoms with Crippen LogP contribution in [0.3, 0.4) is 0 Å². The number of aliphatic hydroxyl groups is 1. The highest BCUT2D eigenvalue weighted by Crippen LogP contribution is 2.50. The number of ether oxygens (including phenoxy) is 1. The first-order chi connectivity index (χ1) is 17.0. The van der Waals surface area contributed by atoms with Gasteiger partial charge in [-0.15, -0.1) is 0 Å². The third kappa shape index (κ3) is 3.81. The van der Waals surface area contributed by atoms with E-state index in [1.54, 1.807) is 30.2 Å². The van der Waals surface area contributed by atoms with Gasteiger partial charge in [-0.25, -0.2) is 4.39 Å². The van der Waals surface area contributed by atoms with Gasteiger partial charge in [0.1, 0.15) is 11.6 Å². The quantitative estimate of drug-likeness (QED) is 0.577. The van der Waals surface area contributed by atoms with Crippen LogP contribution in [-0.4, -0.2) is 65.7 Å². The summed E-state index contributed by atoms with van der Waals surface area (Å²) in [5.74, 6) is 0.797. The van der Waals surface area contributed by atoms with Crippen LogP contribution in [0.1, 0.15) is 53.3 Å². The molecule has 1 atom stereocenters. The van der Waals surface area contributed by atoms with Crippen molar-refractivity contribution in [3.05, 3.63) is 65.1 Å². The number of benzene rings is 2. The third-order valence-corrected chi connectivity index (χ3v) is 8.32. The predicted octanol–water partition coefficient (Wildman–Crippen LogP) is 4.25. The average molecular weight is 478 g/mol. The standard InChI is InChI=1S/C28H32FN3O3/c1-35-19-8-9-21-23(14-19)30-26-24(16-33)32(15-18-6-7-18)17-28(25(21)26)10-12-31(13-11-28)27(34)20-4-2-3-5-22(20)29/h2-5,8-9,14,18,24,30,33H,6-7,10-13,15-17H2,1H3/t24-/m1/s1. The second-order valence-electron chi connectivity index (χ2n) is 10.4. The van der Waals surface area contributed by atoms with Gasteiger partial charge in [0.25, 0.3) is 5.91 Å². The molecule has 2 aliphatic heterocycles. The molecule has 3 heterocycles. The van der Waals surface area contributed by atoms with Crippen LogP contribution in [0.5, 0.6) is 5.75 Å². The van der Waals surface area contributed by atoms with Gasteiger partial charge >= 0.3 is 0 Å². The highest BCUT2D eigenvalue weighted by molar-refractivity contribution is 5.94. The van der Waals surface area contributed by atoms with Crippen molar-refractivity contribution in [3.63, 3.8) is 0 Å². The van der Waals surface area contributed by atoms with Crippen molar-refractivity contribution in [1.29, 1.82) is 0 Å². The summed E-state index contributed by atoms with van der Waals surface area (Å²) in [6.45, 7) is 3.08. The lowest BCUT2D eigenvalue weighted by Gasteiger charge is -2.50. The van der Waals surface area contributed by atoms with Crippen LogP contribution in [-0.2, 0) is 5.41 Å². The van der Waals surface area contributed by atoms with Crippen molar-refractivity contribution in [1.82, 2.24) is 14.8 Å². The number of carbonyl (C=O) groups is 1. The minimum atomic E-state index is -0.468. The van der Waals surface area contributed by atoms with Crippen LogP contribution in [0, 0.1) is 11.7 Å². The molecule has 1 aliphatic carbocycles. The van der Waals surface area contributed by atoms with Crippen molar-refractivity contribution in [2.24, 2.45) is 5.92 Å². The van der Waals surface area contributed by atoms with E-state index in [2.05, 4.69) is 16.0 Å².